The molecule has 0 saturated carbocycles. The third-order valence-corrected chi connectivity index (χ3v) is 5.57. The molecule has 0 aliphatic heterocycles. The van der Waals surface area contributed by atoms with Gasteiger partial charge in [0.25, 0.3) is 0 Å². The highest BCUT2D eigenvalue weighted by molar-refractivity contribution is 7.89. The van der Waals surface area contributed by atoms with Crippen LogP contribution in [-0.4, -0.2) is 44.7 Å². The number of rotatable bonds is 14. The molecule has 0 aliphatic rings. The molecular weight excluding hydrogens is 422 g/mol. The number of aliphatic hydroxyl groups excluding tert-OH is 1. The Hall–Kier alpha value is -2.66. The first-order valence-electron chi connectivity index (χ1n) is 9.99. The molecule has 9 nitrogen and oxygen atoms in total. The lowest BCUT2D eigenvalue weighted by molar-refractivity contribution is -0.105. The van der Waals surface area contributed by atoms with E-state index in [9.17, 15) is 23.4 Å². The fraction of sp³-hybridized carbons (Fsp3) is 0.381. The summed E-state index contributed by atoms with van der Waals surface area (Å²) in [6.07, 6.45) is 3.26. The number of amides is 1. The van der Waals surface area contributed by atoms with Crippen LogP contribution in [0.5, 0.6) is 11.5 Å². The van der Waals surface area contributed by atoms with Gasteiger partial charge in [0.15, 0.2) is 0 Å². The van der Waals surface area contributed by atoms with Crippen LogP contribution in [0.15, 0.2) is 47.4 Å². The number of carbonyl (C=O) groups is 1. The van der Waals surface area contributed by atoms with E-state index in [1.165, 1.54) is 18.2 Å². The van der Waals surface area contributed by atoms with Crippen molar-refractivity contribution in [1.29, 1.82) is 0 Å². The topological polar surface area (TPSA) is 151 Å². The fourth-order valence-electron chi connectivity index (χ4n) is 2.99. The molecule has 0 aliphatic carbocycles. The fourth-order valence-corrected chi connectivity index (χ4v) is 3.66. The molecule has 6 N–H and O–H groups in total. The summed E-state index contributed by atoms with van der Waals surface area (Å²) in [6.45, 7) is 1.47. The summed E-state index contributed by atoms with van der Waals surface area (Å²) in [7, 11) is -3.81. The van der Waals surface area contributed by atoms with Crippen LogP contribution in [0.4, 0.5) is 5.69 Å². The average molecular weight is 452 g/mol. The number of hydrogen-bond donors (Lipinski definition) is 5. The SMILES string of the molecule is NS(=O)(=O)c1ccccc1OCCCCCCNC[C@@H](O)c1ccc(O)c(NC=O)c1. The van der Waals surface area contributed by atoms with E-state index in [2.05, 4.69) is 10.6 Å². The number of anilines is 1. The first-order chi connectivity index (χ1) is 14.8. The van der Waals surface area contributed by atoms with Gasteiger partial charge in [0.05, 0.1) is 18.4 Å². The van der Waals surface area contributed by atoms with Crippen LogP contribution in [0.3, 0.4) is 0 Å². The summed E-state index contributed by atoms with van der Waals surface area (Å²) in [4.78, 5) is 10.5. The van der Waals surface area contributed by atoms with E-state index >= 15 is 0 Å². The monoisotopic (exact) mass is 451 g/mol. The summed E-state index contributed by atoms with van der Waals surface area (Å²) >= 11 is 0. The Bertz CT molecular complexity index is 952. The molecule has 10 heteroatoms. The molecule has 170 valence electrons. The lowest BCUT2D eigenvalue weighted by Gasteiger charge is -2.14. The molecule has 0 heterocycles. The maximum Gasteiger partial charge on any atom is 0.241 e. The molecule has 2 rings (SSSR count). The number of primary sulfonamides is 1. The minimum absolute atomic E-state index is 0.0135. The Labute approximate surface area is 182 Å². The van der Waals surface area contributed by atoms with Gasteiger partial charge in [-0.05, 0) is 49.2 Å². The smallest absolute Gasteiger partial charge is 0.241 e. The predicted octanol–water partition coefficient (Wildman–Crippen LogP) is 1.87. The van der Waals surface area contributed by atoms with E-state index < -0.39 is 16.1 Å². The largest absolute Gasteiger partial charge is 0.506 e. The average Bonchev–Trinajstić information content (AvgIpc) is 2.73. The van der Waals surface area contributed by atoms with Gasteiger partial charge in [0.1, 0.15) is 16.4 Å². The Morgan fingerprint density at radius 3 is 2.58 bits per heavy atom. The van der Waals surface area contributed by atoms with Gasteiger partial charge in [-0.3, -0.25) is 4.79 Å². The van der Waals surface area contributed by atoms with Gasteiger partial charge < -0.3 is 25.6 Å². The van der Waals surface area contributed by atoms with E-state index in [0.29, 0.717) is 25.1 Å². The minimum Gasteiger partial charge on any atom is -0.506 e. The number of nitrogens with two attached hydrogens (primary N) is 1. The van der Waals surface area contributed by atoms with E-state index in [4.69, 9.17) is 9.88 Å². The van der Waals surface area contributed by atoms with Gasteiger partial charge in [-0.15, -0.1) is 0 Å². The van der Waals surface area contributed by atoms with Gasteiger partial charge in [0.2, 0.25) is 16.4 Å². The van der Waals surface area contributed by atoms with Crippen molar-refractivity contribution in [1.82, 2.24) is 5.32 Å². The quantitative estimate of drug-likeness (QED) is 0.167. The third-order valence-electron chi connectivity index (χ3n) is 4.62. The number of phenolic OH excluding ortho intramolecular Hbond substituents is 1. The second kappa shape index (κ2) is 12.3. The van der Waals surface area contributed by atoms with E-state index in [1.54, 1.807) is 24.3 Å². The lowest BCUT2D eigenvalue weighted by atomic mass is 10.1. The maximum atomic E-state index is 11.5. The van der Waals surface area contributed by atoms with Crippen LogP contribution in [0.1, 0.15) is 37.4 Å². The Morgan fingerprint density at radius 2 is 1.84 bits per heavy atom. The number of unbranched alkanes of at least 4 members (excludes halogenated alkanes) is 3. The molecule has 31 heavy (non-hydrogen) atoms. The molecule has 0 unspecified atom stereocenters. The molecule has 0 aromatic heterocycles. The molecule has 0 bridgehead atoms. The normalized spacial score (nSPS) is 12.3. The van der Waals surface area contributed by atoms with Crippen LogP contribution in [0, 0.1) is 0 Å². The van der Waals surface area contributed by atoms with Crippen molar-refractivity contribution in [2.45, 2.75) is 36.7 Å². The van der Waals surface area contributed by atoms with Crippen LogP contribution >= 0.6 is 0 Å². The highest BCUT2D eigenvalue weighted by Crippen LogP contribution is 2.26. The van der Waals surface area contributed by atoms with Crippen molar-refractivity contribution in [3.8, 4) is 11.5 Å². The zero-order valence-corrected chi connectivity index (χ0v) is 18.0. The number of hydrogen-bond acceptors (Lipinski definition) is 7. The molecular formula is C21H29N3O6S. The minimum atomic E-state index is -3.81. The zero-order chi connectivity index (χ0) is 22.7. The van der Waals surface area contributed by atoms with Crippen molar-refractivity contribution < 1.29 is 28.2 Å². The molecule has 1 atom stereocenters. The summed E-state index contributed by atoms with van der Waals surface area (Å²) in [5.74, 6) is 0.203. The Balaban J connectivity index is 1.60. The molecule has 2 aromatic carbocycles. The number of benzene rings is 2. The summed E-state index contributed by atoms with van der Waals surface area (Å²) < 4.78 is 28.6. The van der Waals surface area contributed by atoms with E-state index in [1.807, 2.05) is 0 Å². The Morgan fingerprint density at radius 1 is 1.10 bits per heavy atom. The van der Waals surface area contributed by atoms with Gasteiger partial charge in [-0.2, -0.15) is 0 Å². The highest BCUT2D eigenvalue weighted by Gasteiger charge is 2.14. The Kier molecular flexibility index (Phi) is 9.73. The van der Waals surface area contributed by atoms with Crippen LogP contribution in [-0.2, 0) is 14.8 Å². The van der Waals surface area contributed by atoms with Gasteiger partial charge in [-0.1, -0.05) is 31.0 Å². The predicted molar refractivity (Wildman–Crippen MR) is 117 cm³/mol. The molecule has 0 fully saturated rings. The van der Waals surface area contributed by atoms with Gasteiger partial charge in [0, 0.05) is 6.54 Å². The number of aliphatic hydroxyl groups is 1. The van der Waals surface area contributed by atoms with E-state index in [0.717, 1.165) is 32.2 Å². The van der Waals surface area contributed by atoms with Crippen molar-refractivity contribution in [2.75, 3.05) is 25.0 Å². The number of phenols is 1. The van der Waals surface area contributed by atoms with Gasteiger partial charge in [-0.25, -0.2) is 13.6 Å². The maximum absolute atomic E-state index is 11.5. The standard InChI is InChI=1S/C21H29N3O6S/c22-31(28,29)21-8-4-3-7-20(21)30-12-6-2-1-5-11-23-14-19(27)16-9-10-18(26)17(13-16)24-15-25/h3-4,7-10,13,15,19,23,26-27H,1-2,5-6,11-12,14H2,(H,24,25)(H2,22,28,29)/t19-/m1/s1. The van der Waals surface area contributed by atoms with Crippen molar-refractivity contribution in [3.63, 3.8) is 0 Å². The second-order valence-electron chi connectivity index (χ2n) is 7.01. The number of para-hydroxylation sites is 1. The number of nitrogens with one attached hydrogen (secondary N) is 2. The first kappa shape index (κ1) is 24.6. The molecule has 2 aromatic rings. The summed E-state index contributed by atoms with van der Waals surface area (Å²) in [6, 6.07) is 10.9. The summed E-state index contributed by atoms with van der Waals surface area (Å²) in [5.41, 5.74) is 0.840. The first-order valence-corrected chi connectivity index (χ1v) is 11.5. The number of aromatic hydroxyl groups is 1. The van der Waals surface area contributed by atoms with Crippen molar-refractivity contribution in [3.05, 3.63) is 48.0 Å². The van der Waals surface area contributed by atoms with Crippen molar-refractivity contribution >= 4 is 22.1 Å². The highest BCUT2D eigenvalue weighted by atomic mass is 32.2. The summed E-state index contributed by atoms with van der Waals surface area (Å²) in [5, 5.41) is 30.6. The number of carbonyl (C=O) groups excluding carboxylic acids is 1. The van der Waals surface area contributed by atoms with E-state index in [-0.39, 0.29) is 22.1 Å². The lowest BCUT2D eigenvalue weighted by Crippen LogP contribution is -2.22. The second-order valence-corrected chi connectivity index (χ2v) is 8.54. The van der Waals surface area contributed by atoms with Crippen LogP contribution in [0.2, 0.25) is 0 Å². The van der Waals surface area contributed by atoms with Crippen LogP contribution in [0.25, 0.3) is 0 Å². The van der Waals surface area contributed by atoms with Crippen molar-refractivity contribution in [2.24, 2.45) is 5.14 Å². The van der Waals surface area contributed by atoms with Gasteiger partial charge >= 0.3 is 0 Å². The molecule has 0 spiro atoms. The molecule has 0 saturated heterocycles. The molecule has 1 amide bonds. The van der Waals surface area contributed by atoms with Crippen LogP contribution < -0.4 is 20.5 Å². The number of sulfonamides is 1. The third kappa shape index (κ3) is 8.18. The molecule has 0 radical (unpaired) electrons. The zero-order valence-electron chi connectivity index (χ0n) is 17.2. The number of ether oxygens (including phenoxy) is 1.